The van der Waals surface area contributed by atoms with E-state index in [2.05, 4.69) is 12.2 Å². The molecule has 4 N–H and O–H groups in total. The Hall–Kier alpha value is -0.610. The molecule has 0 aromatic rings. The van der Waals surface area contributed by atoms with Crippen LogP contribution in [0, 0.1) is 5.92 Å². The number of carbonyl (C=O) groups excluding carboxylic acids is 1. The van der Waals surface area contributed by atoms with Gasteiger partial charge in [0.25, 0.3) is 0 Å². The normalized spacial score (nSPS) is 26.7. The van der Waals surface area contributed by atoms with Crippen LogP contribution in [0.2, 0.25) is 0 Å². The summed E-state index contributed by atoms with van der Waals surface area (Å²) in [5.41, 5.74) is 5.75. The van der Waals surface area contributed by atoms with Crippen LogP contribution >= 0.6 is 0 Å². The van der Waals surface area contributed by atoms with Crippen LogP contribution in [0.3, 0.4) is 0 Å². The van der Waals surface area contributed by atoms with Crippen molar-refractivity contribution in [2.45, 2.75) is 57.6 Å². The third-order valence-electron chi connectivity index (χ3n) is 3.28. The number of nitrogens with one attached hydrogen (secondary N) is 1. The first-order valence-corrected chi connectivity index (χ1v) is 6.34. The van der Waals surface area contributed by atoms with E-state index < -0.39 is 0 Å². The smallest absolute Gasteiger partial charge is 0.236 e. The molecule has 0 radical (unpaired) electrons. The summed E-state index contributed by atoms with van der Waals surface area (Å²) in [5.74, 6) is 0.382. The van der Waals surface area contributed by atoms with Crippen LogP contribution in [0.5, 0.6) is 0 Å². The van der Waals surface area contributed by atoms with Crippen LogP contribution in [0.25, 0.3) is 0 Å². The van der Waals surface area contributed by atoms with E-state index in [1.54, 1.807) is 0 Å². The van der Waals surface area contributed by atoms with E-state index >= 15 is 0 Å². The molecule has 0 spiro atoms. The van der Waals surface area contributed by atoms with Gasteiger partial charge in [-0.05, 0) is 31.6 Å². The summed E-state index contributed by atoms with van der Waals surface area (Å²) >= 11 is 0. The number of aliphatic hydroxyl groups is 1. The van der Waals surface area contributed by atoms with Crippen molar-refractivity contribution in [3.05, 3.63) is 0 Å². The standard InChI is InChI=1S/C12H24N2O2/c1-2-3-4-11(13)12(16)14-8-9-5-6-10(15)7-9/h9-11,15H,2-8,13H2,1H3,(H,14,16)/t9?,10?,11-/m0/s1. The second-order valence-corrected chi connectivity index (χ2v) is 4.83. The van der Waals surface area contributed by atoms with E-state index in [0.29, 0.717) is 12.5 Å². The van der Waals surface area contributed by atoms with Gasteiger partial charge in [0.1, 0.15) is 0 Å². The fourth-order valence-electron chi connectivity index (χ4n) is 2.17. The molecule has 1 rings (SSSR count). The second kappa shape index (κ2) is 6.86. The zero-order chi connectivity index (χ0) is 12.0. The van der Waals surface area contributed by atoms with Crippen molar-refractivity contribution >= 4 is 5.91 Å². The van der Waals surface area contributed by atoms with Gasteiger partial charge in [0.05, 0.1) is 12.1 Å². The molecule has 0 saturated heterocycles. The van der Waals surface area contributed by atoms with Gasteiger partial charge in [-0.15, -0.1) is 0 Å². The number of hydrogen-bond acceptors (Lipinski definition) is 3. The van der Waals surface area contributed by atoms with Gasteiger partial charge < -0.3 is 16.2 Å². The molecule has 0 aromatic heterocycles. The molecule has 16 heavy (non-hydrogen) atoms. The third-order valence-corrected chi connectivity index (χ3v) is 3.28. The monoisotopic (exact) mass is 228 g/mol. The summed E-state index contributed by atoms with van der Waals surface area (Å²) in [7, 11) is 0. The molecule has 3 atom stereocenters. The molecule has 1 aliphatic rings. The Balaban J connectivity index is 2.14. The molecule has 0 bridgehead atoms. The molecular weight excluding hydrogens is 204 g/mol. The summed E-state index contributed by atoms with van der Waals surface area (Å²) < 4.78 is 0. The van der Waals surface area contributed by atoms with Crippen molar-refractivity contribution in [2.75, 3.05) is 6.54 Å². The SMILES string of the molecule is CCCC[C@H](N)C(=O)NCC1CCC(O)C1. The minimum absolute atomic E-state index is 0.0464. The van der Waals surface area contributed by atoms with E-state index in [0.717, 1.165) is 38.5 Å². The fraction of sp³-hybridized carbons (Fsp3) is 0.917. The number of amides is 1. The molecule has 1 saturated carbocycles. The predicted octanol–water partition coefficient (Wildman–Crippen LogP) is 0.781. The number of unbranched alkanes of at least 4 members (excludes halogenated alkanes) is 1. The molecule has 4 nitrogen and oxygen atoms in total. The predicted molar refractivity (Wildman–Crippen MR) is 63.9 cm³/mol. The Labute approximate surface area is 97.6 Å². The van der Waals surface area contributed by atoms with E-state index in [-0.39, 0.29) is 18.1 Å². The largest absolute Gasteiger partial charge is 0.393 e. The summed E-state index contributed by atoms with van der Waals surface area (Å²) in [6.45, 7) is 2.75. The molecular formula is C12H24N2O2. The van der Waals surface area contributed by atoms with Crippen LogP contribution in [0.15, 0.2) is 0 Å². The van der Waals surface area contributed by atoms with Crippen molar-refractivity contribution in [2.24, 2.45) is 11.7 Å². The van der Waals surface area contributed by atoms with Gasteiger partial charge in [-0.25, -0.2) is 0 Å². The maximum atomic E-state index is 11.6. The van der Waals surface area contributed by atoms with Gasteiger partial charge >= 0.3 is 0 Å². The Bertz CT molecular complexity index is 221. The maximum absolute atomic E-state index is 11.6. The van der Waals surface area contributed by atoms with Gasteiger partial charge in [-0.1, -0.05) is 19.8 Å². The highest BCUT2D eigenvalue weighted by Crippen LogP contribution is 2.24. The van der Waals surface area contributed by atoms with Crippen molar-refractivity contribution in [3.8, 4) is 0 Å². The molecule has 1 aliphatic carbocycles. The average Bonchev–Trinajstić information content (AvgIpc) is 2.68. The van der Waals surface area contributed by atoms with Crippen molar-refractivity contribution in [3.63, 3.8) is 0 Å². The van der Waals surface area contributed by atoms with Gasteiger partial charge in [0, 0.05) is 6.54 Å². The highest BCUT2D eigenvalue weighted by atomic mass is 16.3. The molecule has 94 valence electrons. The Morgan fingerprint density at radius 3 is 2.88 bits per heavy atom. The summed E-state index contributed by atoms with van der Waals surface area (Å²) in [4.78, 5) is 11.6. The molecule has 0 heterocycles. The Morgan fingerprint density at radius 1 is 1.56 bits per heavy atom. The minimum atomic E-state index is -0.369. The third kappa shape index (κ3) is 4.49. The zero-order valence-corrected chi connectivity index (χ0v) is 10.1. The fourth-order valence-corrected chi connectivity index (χ4v) is 2.17. The number of hydrogen-bond donors (Lipinski definition) is 3. The minimum Gasteiger partial charge on any atom is -0.393 e. The van der Waals surface area contributed by atoms with Crippen LogP contribution in [0.4, 0.5) is 0 Å². The van der Waals surface area contributed by atoms with Crippen LogP contribution in [0.1, 0.15) is 45.4 Å². The van der Waals surface area contributed by atoms with Crippen LogP contribution < -0.4 is 11.1 Å². The van der Waals surface area contributed by atoms with Crippen LogP contribution in [-0.4, -0.2) is 29.7 Å². The average molecular weight is 228 g/mol. The molecule has 0 aliphatic heterocycles. The molecule has 0 aromatic carbocycles. The summed E-state index contributed by atoms with van der Waals surface area (Å²) in [6, 6.07) is -0.369. The van der Waals surface area contributed by atoms with Gasteiger partial charge in [0.15, 0.2) is 0 Å². The van der Waals surface area contributed by atoms with Crippen molar-refractivity contribution in [1.29, 1.82) is 0 Å². The van der Waals surface area contributed by atoms with Crippen molar-refractivity contribution in [1.82, 2.24) is 5.32 Å². The van der Waals surface area contributed by atoms with E-state index in [1.807, 2.05) is 0 Å². The Morgan fingerprint density at radius 2 is 2.31 bits per heavy atom. The van der Waals surface area contributed by atoms with Crippen LogP contribution in [-0.2, 0) is 4.79 Å². The maximum Gasteiger partial charge on any atom is 0.236 e. The van der Waals surface area contributed by atoms with Gasteiger partial charge in [-0.3, -0.25) is 4.79 Å². The van der Waals surface area contributed by atoms with Crippen molar-refractivity contribution < 1.29 is 9.90 Å². The molecule has 1 amide bonds. The van der Waals surface area contributed by atoms with Gasteiger partial charge in [-0.2, -0.15) is 0 Å². The number of carbonyl (C=O) groups is 1. The summed E-state index contributed by atoms with van der Waals surface area (Å²) in [5, 5.41) is 12.2. The van der Waals surface area contributed by atoms with E-state index in [4.69, 9.17) is 5.73 Å². The first-order chi connectivity index (χ1) is 7.63. The zero-order valence-electron chi connectivity index (χ0n) is 10.1. The van der Waals surface area contributed by atoms with E-state index in [9.17, 15) is 9.90 Å². The molecule has 4 heteroatoms. The quantitative estimate of drug-likeness (QED) is 0.629. The number of rotatable bonds is 6. The second-order valence-electron chi connectivity index (χ2n) is 4.83. The summed E-state index contributed by atoms with van der Waals surface area (Å²) in [6.07, 6.45) is 5.33. The topological polar surface area (TPSA) is 75.4 Å². The lowest BCUT2D eigenvalue weighted by Crippen LogP contribution is -2.42. The lowest BCUT2D eigenvalue weighted by molar-refractivity contribution is -0.122. The Kier molecular flexibility index (Phi) is 5.77. The molecule has 1 fully saturated rings. The van der Waals surface area contributed by atoms with E-state index in [1.165, 1.54) is 0 Å². The van der Waals surface area contributed by atoms with Gasteiger partial charge in [0.2, 0.25) is 5.91 Å². The highest BCUT2D eigenvalue weighted by Gasteiger charge is 2.23. The number of aliphatic hydroxyl groups excluding tert-OH is 1. The lowest BCUT2D eigenvalue weighted by atomic mass is 10.1. The lowest BCUT2D eigenvalue weighted by Gasteiger charge is -2.14. The molecule has 2 unspecified atom stereocenters. The number of nitrogens with two attached hydrogens (primary N) is 1. The first-order valence-electron chi connectivity index (χ1n) is 6.34. The first kappa shape index (κ1) is 13.5. The highest BCUT2D eigenvalue weighted by molar-refractivity contribution is 5.81.